The normalized spacial score (nSPS) is 13.2. The molecule has 0 aliphatic rings. The van der Waals surface area contributed by atoms with Gasteiger partial charge < -0.3 is 15.8 Å². The summed E-state index contributed by atoms with van der Waals surface area (Å²) in [6, 6.07) is 7.28. The van der Waals surface area contributed by atoms with Crippen molar-refractivity contribution in [3.8, 4) is 5.75 Å². The smallest absolute Gasteiger partial charge is 0.237 e. The zero-order valence-corrected chi connectivity index (χ0v) is 15.3. The van der Waals surface area contributed by atoms with Crippen molar-refractivity contribution in [2.45, 2.75) is 45.4 Å². The van der Waals surface area contributed by atoms with Crippen LogP contribution < -0.4 is 15.8 Å². The van der Waals surface area contributed by atoms with E-state index in [1.54, 1.807) is 11.8 Å². The lowest BCUT2D eigenvalue weighted by Crippen LogP contribution is -2.41. The number of thioether (sulfide) groups is 1. The molecule has 22 heavy (non-hydrogen) atoms. The number of hydrogen-bond donors (Lipinski definition) is 2. The molecule has 0 aromatic heterocycles. The highest BCUT2D eigenvalue weighted by atomic mass is 35.5. The summed E-state index contributed by atoms with van der Waals surface area (Å²) in [6.07, 6.45) is 2.86. The number of rotatable bonds is 8. The van der Waals surface area contributed by atoms with Gasteiger partial charge >= 0.3 is 0 Å². The van der Waals surface area contributed by atoms with Crippen LogP contribution in [-0.4, -0.2) is 30.1 Å². The van der Waals surface area contributed by atoms with Gasteiger partial charge in [0.15, 0.2) is 0 Å². The molecule has 0 spiro atoms. The van der Waals surface area contributed by atoms with E-state index in [1.165, 1.54) is 0 Å². The molecule has 1 aromatic carbocycles. The highest BCUT2D eigenvalue weighted by Gasteiger charge is 2.16. The summed E-state index contributed by atoms with van der Waals surface area (Å²) in [4.78, 5) is 12.0. The molecule has 0 radical (unpaired) electrons. The zero-order chi connectivity index (χ0) is 15.8. The first-order valence-electron chi connectivity index (χ1n) is 7.25. The Labute approximate surface area is 144 Å². The fourth-order valence-corrected chi connectivity index (χ4v) is 2.38. The maximum absolute atomic E-state index is 12.0. The molecular weight excluding hydrogens is 320 g/mol. The second kappa shape index (κ2) is 10.8. The van der Waals surface area contributed by atoms with E-state index >= 15 is 0 Å². The van der Waals surface area contributed by atoms with Crippen LogP contribution >= 0.6 is 24.2 Å². The van der Waals surface area contributed by atoms with Crippen LogP contribution in [0.4, 0.5) is 0 Å². The Morgan fingerprint density at radius 2 is 1.86 bits per heavy atom. The molecule has 0 saturated heterocycles. The Bertz CT molecular complexity index is 440. The molecule has 1 rings (SSSR count). The summed E-state index contributed by atoms with van der Waals surface area (Å²) >= 11 is 1.70. The van der Waals surface area contributed by atoms with Crippen molar-refractivity contribution < 1.29 is 9.53 Å². The molecule has 1 amide bonds. The quantitative estimate of drug-likeness (QED) is 0.759. The van der Waals surface area contributed by atoms with Crippen LogP contribution in [0.1, 0.15) is 38.8 Å². The molecule has 0 aliphatic heterocycles. The average molecular weight is 347 g/mol. The molecule has 4 nitrogen and oxygen atoms in total. The Kier molecular flexibility index (Phi) is 10.3. The minimum Gasteiger partial charge on any atom is -0.491 e. The molecule has 6 heteroatoms. The van der Waals surface area contributed by atoms with Gasteiger partial charge in [-0.05, 0) is 56.9 Å². The van der Waals surface area contributed by atoms with Crippen molar-refractivity contribution in [3.63, 3.8) is 0 Å². The van der Waals surface area contributed by atoms with Crippen LogP contribution in [0.15, 0.2) is 24.3 Å². The number of nitrogens with one attached hydrogen (secondary N) is 1. The Hall–Kier alpha value is -0.910. The first-order valence-corrected chi connectivity index (χ1v) is 8.65. The van der Waals surface area contributed by atoms with E-state index in [4.69, 9.17) is 10.5 Å². The largest absolute Gasteiger partial charge is 0.491 e. The van der Waals surface area contributed by atoms with Crippen molar-refractivity contribution in [1.82, 2.24) is 5.32 Å². The second-order valence-electron chi connectivity index (χ2n) is 5.35. The predicted octanol–water partition coefficient (Wildman–Crippen LogP) is 3.15. The SMILES string of the molecule is CSCC[C@H](N)C(=O)NC(C)c1ccc(OC(C)C)cc1.Cl. The summed E-state index contributed by atoms with van der Waals surface area (Å²) in [5.74, 6) is 1.63. The maximum Gasteiger partial charge on any atom is 0.237 e. The van der Waals surface area contributed by atoms with Gasteiger partial charge in [0.2, 0.25) is 5.91 Å². The summed E-state index contributed by atoms with van der Waals surface area (Å²) in [6.45, 7) is 5.94. The number of ether oxygens (including phenoxy) is 1. The highest BCUT2D eigenvalue weighted by molar-refractivity contribution is 7.98. The van der Waals surface area contributed by atoms with Gasteiger partial charge in [0, 0.05) is 0 Å². The third-order valence-corrected chi connectivity index (χ3v) is 3.72. The van der Waals surface area contributed by atoms with E-state index in [0.717, 1.165) is 17.1 Å². The van der Waals surface area contributed by atoms with Crippen LogP contribution in [0.3, 0.4) is 0 Å². The van der Waals surface area contributed by atoms with Crippen LogP contribution in [0.25, 0.3) is 0 Å². The zero-order valence-electron chi connectivity index (χ0n) is 13.7. The van der Waals surface area contributed by atoms with Crippen molar-refractivity contribution in [2.75, 3.05) is 12.0 Å². The minimum atomic E-state index is -0.441. The number of halogens is 1. The van der Waals surface area contributed by atoms with E-state index in [0.29, 0.717) is 6.42 Å². The molecule has 1 aromatic rings. The van der Waals surface area contributed by atoms with Gasteiger partial charge in [-0.15, -0.1) is 12.4 Å². The van der Waals surface area contributed by atoms with Crippen LogP contribution in [0.5, 0.6) is 5.75 Å². The van der Waals surface area contributed by atoms with Gasteiger partial charge in [-0.2, -0.15) is 11.8 Å². The molecule has 0 bridgehead atoms. The highest BCUT2D eigenvalue weighted by Crippen LogP contribution is 2.18. The third kappa shape index (κ3) is 7.38. The lowest BCUT2D eigenvalue weighted by Gasteiger charge is -2.18. The molecule has 126 valence electrons. The van der Waals surface area contributed by atoms with Crippen molar-refractivity contribution >= 4 is 30.1 Å². The number of carbonyl (C=O) groups is 1. The van der Waals surface area contributed by atoms with Gasteiger partial charge in [0.1, 0.15) is 5.75 Å². The molecule has 0 fully saturated rings. The van der Waals surface area contributed by atoms with E-state index in [-0.39, 0.29) is 30.5 Å². The summed E-state index contributed by atoms with van der Waals surface area (Å²) < 4.78 is 5.60. The van der Waals surface area contributed by atoms with E-state index < -0.39 is 6.04 Å². The van der Waals surface area contributed by atoms with Gasteiger partial charge in [-0.1, -0.05) is 12.1 Å². The fraction of sp³-hybridized carbons (Fsp3) is 0.562. The minimum absolute atomic E-state index is 0. The molecule has 0 saturated carbocycles. The molecule has 1 unspecified atom stereocenters. The van der Waals surface area contributed by atoms with E-state index in [9.17, 15) is 4.79 Å². The third-order valence-electron chi connectivity index (χ3n) is 3.08. The Morgan fingerprint density at radius 1 is 1.27 bits per heavy atom. The molecule has 0 heterocycles. The number of amides is 1. The number of carbonyl (C=O) groups excluding carboxylic acids is 1. The van der Waals surface area contributed by atoms with Crippen LogP contribution in [0, 0.1) is 0 Å². The lowest BCUT2D eigenvalue weighted by molar-refractivity contribution is -0.123. The van der Waals surface area contributed by atoms with Crippen LogP contribution in [0.2, 0.25) is 0 Å². The number of benzene rings is 1. The van der Waals surface area contributed by atoms with Crippen molar-refractivity contribution in [3.05, 3.63) is 29.8 Å². The standard InChI is InChI=1S/C16H26N2O2S.ClH/c1-11(2)20-14-7-5-13(6-8-14)12(3)18-16(19)15(17)9-10-21-4;/h5-8,11-12,15H,9-10,17H2,1-4H3,(H,18,19);1H/t12?,15-;/m0./s1. The van der Waals surface area contributed by atoms with E-state index in [2.05, 4.69) is 5.32 Å². The van der Waals surface area contributed by atoms with Crippen LogP contribution in [-0.2, 0) is 4.79 Å². The molecule has 0 aliphatic carbocycles. The summed E-state index contributed by atoms with van der Waals surface area (Å²) in [5, 5.41) is 2.95. The van der Waals surface area contributed by atoms with Gasteiger partial charge in [0.05, 0.1) is 18.2 Å². The maximum atomic E-state index is 12.0. The van der Waals surface area contributed by atoms with E-state index in [1.807, 2.05) is 51.3 Å². The fourth-order valence-electron chi connectivity index (χ4n) is 1.89. The first-order chi connectivity index (χ1) is 9.93. The van der Waals surface area contributed by atoms with Crippen molar-refractivity contribution in [1.29, 1.82) is 0 Å². The van der Waals surface area contributed by atoms with Crippen molar-refractivity contribution in [2.24, 2.45) is 5.73 Å². The topological polar surface area (TPSA) is 64.4 Å². The Morgan fingerprint density at radius 3 is 2.36 bits per heavy atom. The Balaban J connectivity index is 0.00000441. The average Bonchev–Trinajstić information content (AvgIpc) is 2.44. The summed E-state index contributed by atoms with van der Waals surface area (Å²) in [7, 11) is 0. The van der Waals surface area contributed by atoms with Gasteiger partial charge in [-0.25, -0.2) is 0 Å². The predicted molar refractivity (Wildman–Crippen MR) is 97.0 cm³/mol. The first kappa shape index (κ1) is 21.1. The lowest BCUT2D eigenvalue weighted by atomic mass is 10.1. The molecule has 2 atom stereocenters. The number of hydrogen-bond acceptors (Lipinski definition) is 4. The molecule has 3 N–H and O–H groups in total. The summed E-state index contributed by atoms with van der Waals surface area (Å²) in [5.41, 5.74) is 6.90. The number of nitrogens with two attached hydrogens (primary N) is 1. The second-order valence-corrected chi connectivity index (χ2v) is 6.34. The van der Waals surface area contributed by atoms with Gasteiger partial charge in [-0.3, -0.25) is 4.79 Å². The van der Waals surface area contributed by atoms with Gasteiger partial charge in [0.25, 0.3) is 0 Å². The monoisotopic (exact) mass is 346 g/mol. The molecular formula is C16H27ClN2O2S.